The van der Waals surface area contributed by atoms with Crippen LogP contribution >= 0.6 is 0 Å². The molecule has 0 aliphatic carbocycles. The molecule has 32 heavy (non-hydrogen) atoms. The smallest absolute Gasteiger partial charge is 0.246 e. The Labute approximate surface area is 185 Å². The number of pyridine rings is 1. The van der Waals surface area contributed by atoms with Gasteiger partial charge in [-0.25, -0.2) is 9.67 Å². The van der Waals surface area contributed by atoms with Gasteiger partial charge in [0.15, 0.2) is 5.65 Å². The maximum absolute atomic E-state index is 12.0. The highest BCUT2D eigenvalue weighted by atomic mass is 16.5. The van der Waals surface area contributed by atoms with Crippen molar-refractivity contribution in [1.82, 2.24) is 19.7 Å². The third-order valence-electron chi connectivity index (χ3n) is 5.73. The summed E-state index contributed by atoms with van der Waals surface area (Å²) in [5.74, 6) is 1.46. The standard InChI is InChI=1S/C25H23N5O2/c1-2-22(31)29-15-13-18(16-29)30-25-23(21(26)12-14-27-25)24(28-30)17-8-10-20(11-9-17)32-19-6-4-3-5-7-19/h2-12,14,18H,1,13,15-16H2,(H2,26,27)/t18-/m0/s1. The Morgan fingerprint density at radius 1 is 1.09 bits per heavy atom. The molecule has 1 amide bonds. The number of anilines is 1. The van der Waals surface area contributed by atoms with Gasteiger partial charge in [-0.05, 0) is 55.0 Å². The van der Waals surface area contributed by atoms with Crippen molar-refractivity contribution in [3.8, 4) is 22.8 Å². The van der Waals surface area contributed by atoms with Crippen molar-refractivity contribution in [2.75, 3.05) is 18.8 Å². The van der Waals surface area contributed by atoms with Crippen LogP contribution in [0.4, 0.5) is 5.69 Å². The van der Waals surface area contributed by atoms with Gasteiger partial charge in [0.2, 0.25) is 5.91 Å². The van der Waals surface area contributed by atoms with Crippen LogP contribution in [0.3, 0.4) is 0 Å². The van der Waals surface area contributed by atoms with Crippen LogP contribution < -0.4 is 10.5 Å². The van der Waals surface area contributed by atoms with Gasteiger partial charge in [0.1, 0.15) is 17.2 Å². The molecule has 1 atom stereocenters. The lowest BCUT2D eigenvalue weighted by molar-refractivity contribution is -0.125. The lowest BCUT2D eigenvalue weighted by Gasteiger charge is -2.14. The molecule has 3 heterocycles. The van der Waals surface area contributed by atoms with Crippen molar-refractivity contribution < 1.29 is 9.53 Å². The highest BCUT2D eigenvalue weighted by Gasteiger charge is 2.29. The monoisotopic (exact) mass is 425 g/mol. The number of fused-ring (bicyclic) bond motifs is 1. The second kappa shape index (κ2) is 8.19. The van der Waals surface area contributed by atoms with Crippen molar-refractivity contribution in [2.24, 2.45) is 0 Å². The maximum Gasteiger partial charge on any atom is 0.246 e. The van der Waals surface area contributed by atoms with Crippen molar-refractivity contribution >= 4 is 22.6 Å². The first-order valence-electron chi connectivity index (χ1n) is 10.5. The Morgan fingerprint density at radius 2 is 1.84 bits per heavy atom. The Kier molecular flexibility index (Phi) is 5.07. The number of aromatic nitrogens is 3. The van der Waals surface area contributed by atoms with Crippen LogP contribution in [-0.4, -0.2) is 38.7 Å². The van der Waals surface area contributed by atoms with E-state index in [1.54, 1.807) is 17.2 Å². The van der Waals surface area contributed by atoms with Gasteiger partial charge in [-0.2, -0.15) is 5.10 Å². The zero-order chi connectivity index (χ0) is 22.1. The lowest BCUT2D eigenvalue weighted by atomic mass is 10.1. The Hall–Kier alpha value is -4.13. The zero-order valence-electron chi connectivity index (χ0n) is 17.5. The molecule has 0 bridgehead atoms. The van der Waals surface area contributed by atoms with Crippen molar-refractivity contribution in [1.29, 1.82) is 0 Å². The molecular weight excluding hydrogens is 402 g/mol. The molecule has 2 N–H and O–H groups in total. The second-order valence-electron chi connectivity index (χ2n) is 7.76. The number of nitrogen functional groups attached to an aromatic ring is 1. The van der Waals surface area contributed by atoms with Gasteiger partial charge in [0, 0.05) is 30.5 Å². The average molecular weight is 425 g/mol. The van der Waals surface area contributed by atoms with E-state index in [0.717, 1.165) is 40.2 Å². The summed E-state index contributed by atoms with van der Waals surface area (Å²) in [6, 6.07) is 19.2. The number of nitrogens with two attached hydrogens (primary N) is 1. The number of carbonyl (C=O) groups excluding carboxylic acids is 1. The number of ether oxygens (including phenoxy) is 1. The molecule has 2 aromatic carbocycles. The van der Waals surface area contributed by atoms with E-state index in [1.807, 2.05) is 59.3 Å². The summed E-state index contributed by atoms with van der Waals surface area (Å²) in [6.45, 7) is 4.83. The van der Waals surface area contributed by atoms with Crippen molar-refractivity contribution in [2.45, 2.75) is 12.5 Å². The molecule has 5 rings (SSSR count). The summed E-state index contributed by atoms with van der Waals surface area (Å²) in [7, 11) is 0. The van der Waals surface area contributed by atoms with Crippen LogP contribution in [-0.2, 0) is 4.79 Å². The van der Waals surface area contributed by atoms with E-state index in [-0.39, 0.29) is 11.9 Å². The molecule has 1 fully saturated rings. The molecular formula is C25H23N5O2. The van der Waals surface area contributed by atoms with Crippen molar-refractivity contribution in [3.05, 3.63) is 79.5 Å². The average Bonchev–Trinajstić information content (AvgIpc) is 3.46. The van der Waals surface area contributed by atoms with Gasteiger partial charge in [0.05, 0.1) is 11.4 Å². The number of carbonyl (C=O) groups is 1. The molecule has 0 saturated carbocycles. The van der Waals surface area contributed by atoms with Gasteiger partial charge >= 0.3 is 0 Å². The van der Waals surface area contributed by atoms with E-state index in [1.165, 1.54) is 6.08 Å². The highest BCUT2D eigenvalue weighted by Crippen LogP contribution is 2.35. The van der Waals surface area contributed by atoms with Crippen LogP contribution in [0.2, 0.25) is 0 Å². The number of rotatable bonds is 5. The van der Waals surface area contributed by atoms with Gasteiger partial charge in [-0.3, -0.25) is 4.79 Å². The maximum atomic E-state index is 12.0. The Morgan fingerprint density at radius 3 is 2.59 bits per heavy atom. The highest BCUT2D eigenvalue weighted by molar-refractivity contribution is 5.99. The lowest BCUT2D eigenvalue weighted by Crippen LogP contribution is -2.27. The van der Waals surface area contributed by atoms with Gasteiger partial charge in [-0.15, -0.1) is 0 Å². The van der Waals surface area contributed by atoms with E-state index >= 15 is 0 Å². The molecule has 1 aliphatic rings. The molecule has 1 saturated heterocycles. The molecule has 2 aromatic heterocycles. The topological polar surface area (TPSA) is 86.3 Å². The van der Waals surface area contributed by atoms with Crippen LogP contribution in [0.5, 0.6) is 11.5 Å². The Bertz CT molecular complexity index is 1280. The first kappa shape index (κ1) is 19.8. The van der Waals surface area contributed by atoms with Crippen LogP contribution in [0.15, 0.2) is 79.5 Å². The zero-order valence-corrected chi connectivity index (χ0v) is 17.5. The number of nitrogens with zero attached hydrogens (tertiary/aromatic N) is 4. The number of likely N-dealkylation sites (tertiary alicyclic amines) is 1. The largest absolute Gasteiger partial charge is 0.457 e. The van der Waals surface area contributed by atoms with Gasteiger partial charge in [-0.1, -0.05) is 24.8 Å². The first-order valence-corrected chi connectivity index (χ1v) is 10.5. The molecule has 4 aromatic rings. The van der Waals surface area contributed by atoms with Crippen LogP contribution in [0.1, 0.15) is 12.5 Å². The fraction of sp³-hybridized carbons (Fsp3) is 0.160. The summed E-state index contributed by atoms with van der Waals surface area (Å²) in [4.78, 5) is 18.4. The molecule has 160 valence electrons. The minimum atomic E-state index is -0.0642. The minimum absolute atomic E-state index is 0.0325. The molecule has 7 nitrogen and oxygen atoms in total. The number of amides is 1. The van der Waals surface area contributed by atoms with E-state index < -0.39 is 0 Å². The molecule has 0 spiro atoms. The van der Waals surface area contributed by atoms with Crippen LogP contribution in [0.25, 0.3) is 22.3 Å². The van der Waals surface area contributed by atoms with E-state index in [0.29, 0.717) is 18.8 Å². The number of hydrogen-bond donors (Lipinski definition) is 1. The number of hydrogen-bond acceptors (Lipinski definition) is 5. The second-order valence-corrected chi connectivity index (χ2v) is 7.76. The summed E-state index contributed by atoms with van der Waals surface area (Å²) >= 11 is 0. The predicted octanol–water partition coefficient (Wildman–Crippen LogP) is 4.43. The predicted molar refractivity (Wildman–Crippen MR) is 124 cm³/mol. The SMILES string of the molecule is C=CC(=O)N1CC[C@H](n2nc(-c3ccc(Oc4ccccc4)cc3)c3c(N)ccnc32)C1. The van der Waals surface area contributed by atoms with Gasteiger partial charge < -0.3 is 15.4 Å². The summed E-state index contributed by atoms with van der Waals surface area (Å²) in [5.41, 5.74) is 9.38. The third-order valence-corrected chi connectivity index (χ3v) is 5.73. The normalized spacial score (nSPS) is 15.8. The van der Waals surface area contributed by atoms with E-state index in [4.69, 9.17) is 15.6 Å². The van der Waals surface area contributed by atoms with E-state index in [9.17, 15) is 4.79 Å². The fourth-order valence-electron chi connectivity index (χ4n) is 4.12. The fourth-order valence-corrected chi connectivity index (χ4v) is 4.12. The molecule has 1 aliphatic heterocycles. The molecule has 0 unspecified atom stereocenters. The van der Waals surface area contributed by atoms with E-state index in [2.05, 4.69) is 11.6 Å². The molecule has 0 radical (unpaired) electrons. The summed E-state index contributed by atoms with van der Waals surface area (Å²) < 4.78 is 7.81. The van der Waals surface area contributed by atoms with Crippen molar-refractivity contribution in [3.63, 3.8) is 0 Å². The number of para-hydroxylation sites is 1. The van der Waals surface area contributed by atoms with Gasteiger partial charge in [0.25, 0.3) is 0 Å². The Balaban J connectivity index is 1.49. The quantitative estimate of drug-likeness (QED) is 0.478. The summed E-state index contributed by atoms with van der Waals surface area (Å²) in [5, 5.41) is 5.72. The third kappa shape index (κ3) is 3.58. The van der Waals surface area contributed by atoms with Crippen LogP contribution in [0, 0.1) is 0 Å². The summed E-state index contributed by atoms with van der Waals surface area (Å²) in [6.07, 6.45) is 3.85. The first-order chi connectivity index (χ1) is 15.6. The minimum Gasteiger partial charge on any atom is -0.457 e. The number of benzene rings is 2. The molecule has 7 heteroatoms.